The Morgan fingerprint density at radius 2 is 2.25 bits per heavy atom. The van der Waals surface area contributed by atoms with Crippen molar-refractivity contribution in [2.75, 3.05) is 18.9 Å². The van der Waals surface area contributed by atoms with Gasteiger partial charge in [0.15, 0.2) is 0 Å². The number of anilines is 1. The van der Waals surface area contributed by atoms with Crippen LogP contribution < -0.4 is 5.32 Å². The molecule has 2 aromatic heterocycles. The van der Waals surface area contributed by atoms with Crippen LogP contribution in [0.25, 0.3) is 0 Å². The summed E-state index contributed by atoms with van der Waals surface area (Å²) < 4.78 is 1.75. The van der Waals surface area contributed by atoms with Gasteiger partial charge in [-0.05, 0) is 43.2 Å². The molecule has 150 valence electrons. The quantitative estimate of drug-likeness (QED) is 0.834. The van der Waals surface area contributed by atoms with Gasteiger partial charge in [-0.15, -0.1) is 11.3 Å². The summed E-state index contributed by atoms with van der Waals surface area (Å²) >= 11 is 1.58. The van der Waals surface area contributed by atoms with Crippen molar-refractivity contribution in [1.82, 2.24) is 14.7 Å². The Hall–Kier alpha value is -2.17. The van der Waals surface area contributed by atoms with Gasteiger partial charge in [0.25, 0.3) is 0 Å². The first kappa shape index (κ1) is 20.6. The lowest BCUT2D eigenvalue weighted by Gasteiger charge is -2.33. The smallest absolute Gasteiger partial charge is 0.239 e. The number of aromatic nitrogens is 2. The van der Waals surface area contributed by atoms with Gasteiger partial charge in [-0.1, -0.05) is 20.8 Å². The molecule has 2 aromatic rings. The van der Waals surface area contributed by atoms with Crippen LogP contribution >= 0.6 is 11.3 Å². The van der Waals surface area contributed by atoms with Crippen molar-refractivity contribution in [3.05, 3.63) is 34.0 Å². The van der Waals surface area contributed by atoms with Gasteiger partial charge in [0.2, 0.25) is 5.91 Å². The maximum atomic E-state index is 12.5. The fourth-order valence-electron chi connectivity index (χ4n) is 3.86. The third-order valence-corrected chi connectivity index (χ3v) is 6.65. The number of thiophene rings is 1. The minimum atomic E-state index is -0.0890. The molecule has 0 saturated heterocycles. The van der Waals surface area contributed by atoms with E-state index in [0.717, 1.165) is 30.4 Å². The molecule has 1 amide bonds. The first-order valence-corrected chi connectivity index (χ1v) is 10.5. The van der Waals surface area contributed by atoms with Crippen molar-refractivity contribution < 1.29 is 4.79 Å². The predicted octanol–water partition coefficient (Wildman–Crippen LogP) is 3.57. The SMILES string of the molecule is CN(CC(=O)Nc1sc2c(c1C#N)CCC(C(C)(C)C)C2)Cc1cnn(C)c1. The van der Waals surface area contributed by atoms with Crippen molar-refractivity contribution >= 4 is 22.2 Å². The number of carbonyl (C=O) groups is 1. The second kappa shape index (κ2) is 8.06. The summed E-state index contributed by atoms with van der Waals surface area (Å²) in [5.41, 5.74) is 3.13. The highest BCUT2D eigenvalue weighted by molar-refractivity contribution is 7.16. The molecule has 1 aliphatic rings. The Morgan fingerprint density at radius 1 is 1.50 bits per heavy atom. The van der Waals surface area contributed by atoms with Crippen molar-refractivity contribution in [3.8, 4) is 6.07 Å². The molecule has 3 rings (SSSR count). The first-order valence-electron chi connectivity index (χ1n) is 9.68. The average molecular weight is 400 g/mol. The van der Waals surface area contributed by atoms with Gasteiger partial charge in [0.05, 0.1) is 18.3 Å². The summed E-state index contributed by atoms with van der Waals surface area (Å²) in [6.45, 7) is 7.76. The zero-order chi connectivity index (χ0) is 20.5. The van der Waals surface area contributed by atoms with Gasteiger partial charge in [0.1, 0.15) is 11.1 Å². The number of amides is 1. The van der Waals surface area contributed by atoms with Gasteiger partial charge in [0, 0.05) is 30.2 Å². The fraction of sp³-hybridized carbons (Fsp3) is 0.571. The normalized spacial score (nSPS) is 16.7. The van der Waals surface area contributed by atoms with E-state index in [9.17, 15) is 10.1 Å². The standard InChI is InChI=1S/C21H29N5OS/c1-21(2,3)15-6-7-16-17(9-22)20(28-18(16)8-15)24-19(27)13-25(4)11-14-10-23-26(5)12-14/h10,12,15H,6-8,11,13H2,1-5H3,(H,24,27). The van der Waals surface area contributed by atoms with Gasteiger partial charge >= 0.3 is 0 Å². The van der Waals surface area contributed by atoms with E-state index < -0.39 is 0 Å². The number of fused-ring (bicyclic) bond motifs is 1. The third-order valence-electron chi connectivity index (χ3n) is 5.48. The van der Waals surface area contributed by atoms with Crippen LogP contribution in [0.3, 0.4) is 0 Å². The molecule has 7 heteroatoms. The summed E-state index contributed by atoms with van der Waals surface area (Å²) in [7, 11) is 3.79. The number of aryl methyl sites for hydroxylation is 1. The molecule has 0 saturated carbocycles. The molecule has 0 aliphatic heterocycles. The van der Waals surface area contributed by atoms with E-state index in [0.29, 0.717) is 23.0 Å². The number of nitrogens with zero attached hydrogens (tertiary/aromatic N) is 4. The van der Waals surface area contributed by atoms with Crippen LogP contribution in [0.5, 0.6) is 0 Å². The van der Waals surface area contributed by atoms with Gasteiger partial charge in [-0.3, -0.25) is 14.4 Å². The Bertz CT molecular complexity index is 899. The molecule has 1 N–H and O–H groups in total. The average Bonchev–Trinajstić information content (AvgIpc) is 3.15. The first-order chi connectivity index (χ1) is 13.2. The Kier molecular flexibility index (Phi) is 5.92. The zero-order valence-corrected chi connectivity index (χ0v) is 18.2. The number of hydrogen-bond donors (Lipinski definition) is 1. The maximum Gasteiger partial charge on any atom is 0.239 e. The van der Waals surface area contributed by atoms with Crippen LogP contribution in [-0.2, 0) is 31.2 Å². The maximum absolute atomic E-state index is 12.5. The van der Waals surface area contributed by atoms with Gasteiger partial charge < -0.3 is 5.32 Å². The summed E-state index contributed by atoms with van der Waals surface area (Å²) in [5, 5.41) is 17.5. The summed E-state index contributed by atoms with van der Waals surface area (Å²) in [4.78, 5) is 15.8. The zero-order valence-electron chi connectivity index (χ0n) is 17.4. The Morgan fingerprint density at radius 3 is 2.86 bits per heavy atom. The van der Waals surface area contributed by atoms with E-state index >= 15 is 0 Å². The third kappa shape index (κ3) is 4.62. The lowest BCUT2D eigenvalue weighted by molar-refractivity contribution is -0.117. The highest BCUT2D eigenvalue weighted by Crippen LogP contribution is 2.43. The van der Waals surface area contributed by atoms with Crippen LogP contribution in [0.1, 0.15) is 48.8 Å². The number of rotatable bonds is 5. The number of carbonyl (C=O) groups excluding carboxylic acids is 1. The largest absolute Gasteiger partial charge is 0.315 e. The second-order valence-electron chi connectivity index (χ2n) is 8.87. The molecule has 1 aliphatic carbocycles. The van der Waals surface area contributed by atoms with E-state index in [1.807, 2.05) is 25.2 Å². The van der Waals surface area contributed by atoms with Crippen molar-refractivity contribution in [1.29, 1.82) is 5.26 Å². The lowest BCUT2D eigenvalue weighted by Crippen LogP contribution is -2.29. The van der Waals surface area contributed by atoms with E-state index in [1.165, 1.54) is 4.88 Å². The summed E-state index contributed by atoms with van der Waals surface area (Å²) in [6.07, 6.45) is 6.77. The molecular weight excluding hydrogens is 370 g/mol. The molecule has 6 nitrogen and oxygen atoms in total. The van der Waals surface area contributed by atoms with Crippen molar-refractivity contribution in [2.24, 2.45) is 18.4 Å². The van der Waals surface area contributed by atoms with Crippen LogP contribution in [0.2, 0.25) is 0 Å². The van der Waals surface area contributed by atoms with E-state index in [1.54, 1.807) is 22.2 Å². The number of likely N-dealkylation sites (N-methyl/N-ethyl adjacent to an activating group) is 1. The van der Waals surface area contributed by atoms with E-state index in [-0.39, 0.29) is 17.9 Å². The summed E-state index contributed by atoms with van der Waals surface area (Å²) in [6, 6.07) is 2.33. The van der Waals surface area contributed by atoms with E-state index in [4.69, 9.17) is 0 Å². The molecular formula is C21H29N5OS. The minimum Gasteiger partial charge on any atom is -0.315 e. The van der Waals surface area contributed by atoms with Crippen molar-refractivity contribution in [2.45, 2.75) is 46.6 Å². The molecule has 1 unspecified atom stereocenters. The van der Waals surface area contributed by atoms with E-state index in [2.05, 4.69) is 37.3 Å². The second-order valence-corrected chi connectivity index (χ2v) is 9.97. The topological polar surface area (TPSA) is 74.0 Å². The highest BCUT2D eigenvalue weighted by atomic mass is 32.1. The molecule has 2 heterocycles. The fourth-order valence-corrected chi connectivity index (χ4v) is 5.16. The van der Waals surface area contributed by atoms with Crippen LogP contribution in [0, 0.1) is 22.7 Å². The molecule has 0 spiro atoms. The molecule has 0 aromatic carbocycles. The van der Waals surface area contributed by atoms with Crippen LogP contribution in [-0.4, -0.2) is 34.2 Å². The molecule has 28 heavy (non-hydrogen) atoms. The monoisotopic (exact) mass is 399 g/mol. The minimum absolute atomic E-state index is 0.0890. The van der Waals surface area contributed by atoms with Crippen molar-refractivity contribution in [3.63, 3.8) is 0 Å². The predicted molar refractivity (Wildman–Crippen MR) is 112 cm³/mol. The van der Waals surface area contributed by atoms with Gasteiger partial charge in [-0.2, -0.15) is 10.4 Å². The van der Waals surface area contributed by atoms with Gasteiger partial charge in [-0.25, -0.2) is 0 Å². The number of nitriles is 1. The molecule has 0 fully saturated rings. The molecule has 0 bridgehead atoms. The molecule has 1 atom stereocenters. The Labute approximate surface area is 171 Å². The van der Waals surface area contributed by atoms with Crippen LogP contribution in [0.15, 0.2) is 12.4 Å². The highest BCUT2D eigenvalue weighted by Gasteiger charge is 2.32. The summed E-state index contributed by atoms with van der Waals surface area (Å²) in [5.74, 6) is 0.521. The Balaban J connectivity index is 1.66. The number of nitrogens with one attached hydrogen (secondary N) is 1. The number of hydrogen-bond acceptors (Lipinski definition) is 5. The lowest BCUT2D eigenvalue weighted by atomic mass is 9.72. The van der Waals surface area contributed by atoms with Crippen LogP contribution in [0.4, 0.5) is 5.00 Å². The molecule has 0 radical (unpaired) electrons.